The van der Waals surface area contributed by atoms with Crippen molar-refractivity contribution in [3.63, 3.8) is 0 Å². The molecule has 12 heavy (non-hydrogen) atoms. The SMILES string of the molecule is O=C1CCC(NCCCO)CN1. The van der Waals surface area contributed by atoms with Gasteiger partial charge in [-0.1, -0.05) is 0 Å². The molecule has 1 aliphatic heterocycles. The van der Waals surface area contributed by atoms with Crippen LogP contribution in [0.4, 0.5) is 0 Å². The summed E-state index contributed by atoms with van der Waals surface area (Å²) in [7, 11) is 0. The summed E-state index contributed by atoms with van der Waals surface area (Å²) in [6.07, 6.45) is 2.32. The van der Waals surface area contributed by atoms with Gasteiger partial charge in [-0.15, -0.1) is 0 Å². The van der Waals surface area contributed by atoms with Crippen molar-refractivity contribution in [2.75, 3.05) is 19.7 Å². The van der Waals surface area contributed by atoms with Gasteiger partial charge in [-0.05, 0) is 19.4 Å². The second-order valence-corrected chi connectivity index (χ2v) is 3.07. The second kappa shape index (κ2) is 5.11. The van der Waals surface area contributed by atoms with Crippen LogP contribution in [0.5, 0.6) is 0 Å². The lowest BCUT2D eigenvalue weighted by Crippen LogP contribution is -2.46. The van der Waals surface area contributed by atoms with Crippen molar-refractivity contribution in [2.24, 2.45) is 0 Å². The number of hydrogen-bond acceptors (Lipinski definition) is 3. The Hall–Kier alpha value is -0.610. The third-order valence-electron chi connectivity index (χ3n) is 2.03. The Morgan fingerprint density at radius 1 is 1.67 bits per heavy atom. The van der Waals surface area contributed by atoms with Gasteiger partial charge in [0.15, 0.2) is 0 Å². The van der Waals surface area contributed by atoms with E-state index in [4.69, 9.17) is 5.11 Å². The molecule has 0 aromatic rings. The summed E-state index contributed by atoms with van der Waals surface area (Å²) in [5.41, 5.74) is 0. The molecule has 0 aromatic carbocycles. The number of nitrogens with one attached hydrogen (secondary N) is 2. The Morgan fingerprint density at radius 3 is 3.08 bits per heavy atom. The van der Waals surface area contributed by atoms with Crippen molar-refractivity contribution >= 4 is 5.91 Å². The fourth-order valence-corrected chi connectivity index (χ4v) is 1.29. The van der Waals surface area contributed by atoms with E-state index in [1.54, 1.807) is 0 Å². The van der Waals surface area contributed by atoms with Gasteiger partial charge in [-0.3, -0.25) is 4.79 Å². The van der Waals surface area contributed by atoms with Gasteiger partial charge in [0.1, 0.15) is 0 Å². The van der Waals surface area contributed by atoms with Crippen LogP contribution in [0.25, 0.3) is 0 Å². The highest BCUT2D eigenvalue weighted by atomic mass is 16.3. The minimum Gasteiger partial charge on any atom is -0.396 e. The van der Waals surface area contributed by atoms with E-state index in [1.807, 2.05) is 0 Å². The van der Waals surface area contributed by atoms with E-state index in [1.165, 1.54) is 0 Å². The number of hydrogen-bond donors (Lipinski definition) is 3. The van der Waals surface area contributed by atoms with E-state index in [0.29, 0.717) is 12.5 Å². The lowest BCUT2D eigenvalue weighted by atomic mass is 10.1. The first-order chi connectivity index (χ1) is 5.83. The van der Waals surface area contributed by atoms with Crippen LogP contribution in [0.2, 0.25) is 0 Å². The standard InChI is InChI=1S/C8H16N2O2/c11-5-1-4-9-7-2-3-8(12)10-6-7/h7,9,11H,1-6H2,(H,10,12). The molecule has 1 amide bonds. The fourth-order valence-electron chi connectivity index (χ4n) is 1.29. The number of rotatable bonds is 4. The molecule has 1 aliphatic rings. The molecule has 1 atom stereocenters. The smallest absolute Gasteiger partial charge is 0.220 e. The highest BCUT2D eigenvalue weighted by Crippen LogP contribution is 2.01. The molecule has 1 fully saturated rings. The van der Waals surface area contributed by atoms with Gasteiger partial charge < -0.3 is 15.7 Å². The third kappa shape index (κ3) is 3.19. The number of piperidine rings is 1. The first-order valence-electron chi connectivity index (χ1n) is 4.44. The van der Waals surface area contributed by atoms with Gasteiger partial charge in [0.2, 0.25) is 5.91 Å². The maximum Gasteiger partial charge on any atom is 0.220 e. The number of carbonyl (C=O) groups excluding carboxylic acids is 1. The summed E-state index contributed by atoms with van der Waals surface area (Å²) >= 11 is 0. The molecule has 1 heterocycles. The van der Waals surface area contributed by atoms with Crippen LogP contribution in [0.1, 0.15) is 19.3 Å². The monoisotopic (exact) mass is 172 g/mol. The zero-order chi connectivity index (χ0) is 8.81. The summed E-state index contributed by atoms with van der Waals surface area (Å²) in [5, 5.41) is 14.6. The van der Waals surface area contributed by atoms with Gasteiger partial charge >= 0.3 is 0 Å². The molecule has 4 heteroatoms. The molecule has 0 saturated carbocycles. The molecule has 0 aromatic heterocycles. The zero-order valence-electron chi connectivity index (χ0n) is 7.18. The highest BCUT2D eigenvalue weighted by Gasteiger charge is 2.16. The van der Waals surface area contributed by atoms with Crippen molar-refractivity contribution in [1.82, 2.24) is 10.6 Å². The Balaban J connectivity index is 2.05. The predicted octanol–water partition coefficient (Wildman–Crippen LogP) is -0.763. The van der Waals surface area contributed by atoms with Crippen LogP contribution in [-0.4, -0.2) is 36.8 Å². The van der Waals surface area contributed by atoms with E-state index in [9.17, 15) is 4.79 Å². The molecule has 3 N–H and O–H groups in total. The minimum absolute atomic E-state index is 0.148. The van der Waals surface area contributed by atoms with Gasteiger partial charge in [0, 0.05) is 25.6 Å². The lowest BCUT2D eigenvalue weighted by Gasteiger charge is -2.23. The number of aliphatic hydroxyl groups excluding tert-OH is 1. The molecular formula is C8H16N2O2. The number of aliphatic hydroxyl groups is 1. The van der Waals surface area contributed by atoms with Crippen molar-refractivity contribution in [3.05, 3.63) is 0 Å². The fraction of sp³-hybridized carbons (Fsp3) is 0.875. The van der Waals surface area contributed by atoms with E-state index in [2.05, 4.69) is 10.6 Å². The maximum absolute atomic E-state index is 10.8. The molecular weight excluding hydrogens is 156 g/mol. The van der Waals surface area contributed by atoms with Crippen LogP contribution in [0, 0.1) is 0 Å². The average Bonchev–Trinajstić information content (AvgIpc) is 2.09. The van der Waals surface area contributed by atoms with E-state index >= 15 is 0 Å². The van der Waals surface area contributed by atoms with Crippen LogP contribution < -0.4 is 10.6 Å². The Bertz CT molecular complexity index is 140. The van der Waals surface area contributed by atoms with E-state index in [0.717, 1.165) is 25.9 Å². The van der Waals surface area contributed by atoms with E-state index in [-0.39, 0.29) is 12.5 Å². The largest absolute Gasteiger partial charge is 0.396 e. The van der Waals surface area contributed by atoms with Crippen molar-refractivity contribution < 1.29 is 9.90 Å². The van der Waals surface area contributed by atoms with Crippen LogP contribution >= 0.6 is 0 Å². The molecule has 1 rings (SSSR count). The van der Waals surface area contributed by atoms with Gasteiger partial charge in [-0.25, -0.2) is 0 Å². The Morgan fingerprint density at radius 2 is 2.50 bits per heavy atom. The van der Waals surface area contributed by atoms with Crippen LogP contribution in [-0.2, 0) is 4.79 Å². The Kier molecular flexibility index (Phi) is 4.04. The number of carbonyl (C=O) groups is 1. The summed E-state index contributed by atoms with van der Waals surface area (Å²) in [5.74, 6) is 0.148. The van der Waals surface area contributed by atoms with Gasteiger partial charge in [-0.2, -0.15) is 0 Å². The molecule has 4 nitrogen and oxygen atoms in total. The highest BCUT2D eigenvalue weighted by molar-refractivity contribution is 5.76. The van der Waals surface area contributed by atoms with Gasteiger partial charge in [0.05, 0.1) is 0 Å². The first-order valence-corrected chi connectivity index (χ1v) is 4.44. The molecule has 70 valence electrons. The van der Waals surface area contributed by atoms with Crippen LogP contribution in [0.3, 0.4) is 0 Å². The molecule has 1 unspecified atom stereocenters. The maximum atomic E-state index is 10.8. The van der Waals surface area contributed by atoms with E-state index < -0.39 is 0 Å². The van der Waals surface area contributed by atoms with Crippen molar-refractivity contribution in [3.8, 4) is 0 Å². The molecule has 0 bridgehead atoms. The van der Waals surface area contributed by atoms with Crippen LogP contribution in [0.15, 0.2) is 0 Å². The Labute approximate surface area is 72.3 Å². The lowest BCUT2D eigenvalue weighted by molar-refractivity contribution is -0.122. The average molecular weight is 172 g/mol. The topological polar surface area (TPSA) is 61.4 Å². The molecule has 0 aliphatic carbocycles. The van der Waals surface area contributed by atoms with Gasteiger partial charge in [0.25, 0.3) is 0 Å². The van der Waals surface area contributed by atoms with Crippen molar-refractivity contribution in [1.29, 1.82) is 0 Å². The number of amides is 1. The third-order valence-corrected chi connectivity index (χ3v) is 2.03. The summed E-state index contributed by atoms with van der Waals surface area (Å²) in [6.45, 7) is 1.79. The minimum atomic E-state index is 0.148. The quantitative estimate of drug-likeness (QED) is 0.488. The zero-order valence-corrected chi connectivity index (χ0v) is 7.18. The van der Waals surface area contributed by atoms with Crippen molar-refractivity contribution in [2.45, 2.75) is 25.3 Å². The normalized spacial score (nSPS) is 23.8. The molecule has 0 spiro atoms. The summed E-state index contributed by atoms with van der Waals surface area (Å²) in [4.78, 5) is 10.8. The first kappa shape index (κ1) is 9.48. The predicted molar refractivity (Wildman–Crippen MR) is 45.7 cm³/mol. The molecule has 0 radical (unpaired) electrons. The summed E-state index contributed by atoms with van der Waals surface area (Å²) < 4.78 is 0. The summed E-state index contributed by atoms with van der Waals surface area (Å²) in [6, 6.07) is 0.397. The second-order valence-electron chi connectivity index (χ2n) is 3.07. The molecule has 1 saturated heterocycles.